The van der Waals surface area contributed by atoms with Crippen LogP contribution in [0.2, 0.25) is 0 Å². The Bertz CT molecular complexity index is 1100. The Morgan fingerprint density at radius 2 is 1.00 bits per heavy atom. The van der Waals surface area contributed by atoms with E-state index in [0.717, 1.165) is 6.42 Å². The largest absolute Gasteiger partial charge is 0.481 e. The van der Waals surface area contributed by atoms with E-state index in [1.54, 1.807) is 27.7 Å². The van der Waals surface area contributed by atoms with Crippen LogP contribution in [0.15, 0.2) is 0 Å². The fourth-order valence-electron chi connectivity index (χ4n) is 5.38. The van der Waals surface area contributed by atoms with Gasteiger partial charge < -0.3 is 41.9 Å². The summed E-state index contributed by atoms with van der Waals surface area (Å²) in [7, 11) is 0. The lowest BCUT2D eigenvalue weighted by Gasteiger charge is -2.31. The van der Waals surface area contributed by atoms with Crippen LogP contribution in [-0.4, -0.2) is 93.2 Å². The van der Waals surface area contributed by atoms with Crippen LogP contribution < -0.4 is 26.6 Å². The molecule has 0 aromatic rings. The van der Waals surface area contributed by atoms with Crippen LogP contribution in [0.4, 0.5) is 0 Å². The van der Waals surface area contributed by atoms with Crippen LogP contribution in [0.3, 0.4) is 0 Å². The van der Waals surface area contributed by atoms with E-state index in [1.165, 1.54) is 6.92 Å². The first-order chi connectivity index (χ1) is 23.1. The zero-order valence-electron chi connectivity index (χ0n) is 32.2. The number of rotatable bonds is 24. The van der Waals surface area contributed by atoms with Crippen molar-refractivity contribution in [1.29, 1.82) is 0 Å². The second kappa shape index (κ2) is 23.3. The highest BCUT2D eigenvalue weighted by molar-refractivity contribution is 5.92. The molecule has 0 aromatic heterocycles. The molecule has 8 unspecified atom stereocenters. The van der Waals surface area contributed by atoms with Gasteiger partial charge in [0.2, 0.25) is 29.5 Å². The second-order valence-corrected chi connectivity index (χ2v) is 15.3. The van der Waals surface area contributed by atoms with Gasteiger partial charge in [0.1, 0.15) is 18.1 Å². The van der Waals surface area contributed by atoms with Gasteiger partial charge in [0.15, 0.2) is 0 Å². The van der Waals surface area contributed by atoms with Gasteiger partial charge in [-0.3, -0.25) is 28.8 Å². The summed E-state index contributed by atoms with van der Waals surface area (Å²) in [4.78, 5) is 76.4. The quantitative estimate of drug-likeness (QED) is 0.0734. The number of carbonyl (C=O) groups excluding carboxylic acids is 5. The molecule has 0 saturated heterocycles. The van der Waals surface area contributed by atoms with Gasteiger partial charge in [-0.1, -0.05) is 75.7 Å². The number of aliphatic hydroxyl groups is 2. The number of carbonyl (C=O) groups is 6. The molecule has 50 heavy (non-hydrogen) atoms. The van der Waals surface area contributed by atoms with E-state index < -0.39 is 84.9 Å². The lowest BCUT2D eigenvalue weighted by atomic mass is 9.95. The first-order valence-corrected chi connectivity index (χ1v) is 18.2. The molecule has 0 saturated carbocycles. The monoisotopic (exact) mass is 713 g/mol. The van der Waals surface area contributed by atoms with Crippen molar-refractivity contribution in [2.45, 2.75) is 164 Å². The van der Waals surface area contributed by atoms with Crippen molar-refractivity contribution in [3.63, 3.8) is 0 Å². The second-order valence-electron chi connectivity index (χ2n) is 15.3. The van der Waals surface area contributed by atoms with Crippen LogP contribution in [-0.2, 0) is 28.8 Å². The summed E-state index contributed by atoms with van der Waals surface area (Å²) in [6.07, 6.45) is -1.08. The highest BCUT2D eigenvalue weighted by Crippen LogP contribution is 2.15. The van der Waals surface area contributed by atoms with E-state index in [9.17, 15) is 39.0 Å². The number of carboxylic acids is 1. The summed E-state index contributed by atoms with van der Waals surface area (Å²) in [5.74, 6) is -3.93. The van der Waals surface area contributed by atoms with E-state index in [-0.39, 0.29) is 29.6 Å². The van der Waals surface area contributed by atoms with E-state index >= 15 is 0 Å². The highest BCUT2D eigenvalue weighted by Gasteiger charge is 2.34. The number of aliphatic hydroxyl groups excluding tert-OH is 2. The number of hydrogen-bond donors (Lipinski definition) is 8. The van der Waals surface area contributed by atoms with Crippen LogP contribution in [0.1, 0.15) is 121 Å². The normalized spacial score (nSPS) is 16.5. The summed E-state index contributed by atoms with van der Waals surface area (Å²) in [6, 6.07) is -4.61. The summed E-state index contributed by atoms with van der Waals surface area (Å²) >= 11 is 0. The SMILES string of the molecule is CCC(C)CCC(=O)NC(C(=O)NC(C(=O)NC(CC(C)C)C(O)CC(=O)NC(C)C(=O)NC(CC(C)C)C(O)CC(=O)O)C(C)C)C(C)C. The zero-order chi connectivity index (χ0) is 38.9. The van der Waals surface area contributed by atoms with Crippen molar-refractivity contribution in [3.8, 4) is 0 Å². The van der Waals surface area contributed by atoms with Crippen molar-refractivity contribution in [2.24, 2.45) is 29.6 Å². The van der Waals surface area contributed by atoms with Gasteiger partial charge >= 0.3 is 5.97 Å². The summed E-state index contributed by atoms with van der Waals surface area (Å²) < 4.78 is 0. The lowest BCUT2D eigenvalue weighted by molar-refractivity contribution is -0.140. The lowest BCUT2D eigenvalue weighted by Crippen LogP contribution is -2.59. The van der Waals surface area contributed by atoms with Gasteiger partial charge in [-0.05, 0) is 55.8 Å². The Morgan fingerprint density at radius 3 is 1.44 bits per heavy atom. The average molecular weight is 714 g/mol. The molecule has 0 rings (SSSR count). The molecule has 0 fully saturated rings. The van der Waals surface area contributed by atoms with Crippen LogP contribution >= 0.6 is 0 Å². The predicted molar refractivity (Wildman–Crippen MR) is 191 cm³/mol. The Morgan fingerprint density at radius 1 is 0.560 bits per heavy atom. The number of nitrogens with one attached hydrogen (secondary N) is 5. The van der Waals surface area contributed by atoms with Gasteiger partial charge in [-0.25, -0.2) is 0 Å². The maximum absolute atomic E-state index is 13.6. The van der Waals surface area contributed by atoms with Crippen molar-refractivity contribution < 1.29 is 44.1 Å². The standard InChI is InChI=1S/C36H67N5O9/c1-12-23(10)13-14-29(44)40-32(21(6)7)36(50)41-33(22(8)9)35(49)39-25(15-19(2)3)27(42)17-30(45)37-24(11)34(48)38-26(16-20(4)5)28(43)18-31(46)47/h19-28,32-33,42-43H,12-18H2,1-11H3,(H,37,45)(H,38,48)(H,39,49)(H,40,44)(H,41,50)(H,46,47). The molecule has 14 heteroatoms. The summed E-state index contributed by atoms with van der Waals surface area (Å²) in [5, 5.41) is 44.0. The van der Waals surface area contributed by atoms with Gasteiger partial charge in [0, 0.05) is 6.42 Å². The third-order valence-corrected chi connectivity index (χ3v) is 8.66. The Kier molecular flexibility index (Phi) is 21.7. The Labute approximate surface area is 299 Å². The molecular formula is C36H67N5O9. The Balaban J connectivity index is 5.60. The topological polar surface area (TPSA) is 223 Å². The first kappa shape index (κ1) is 46.7. The summed E-state index contributed by atoms with van der Waals surface area (Å²) in [5.41, 5.74) is 0. The van der Waals surface area contributed by atoms with E-state index in [1.807, 2.05) is 27.7 Å². The highest BCUT2D eigenvalue weighted by atomic mass is 16.4. The third-order valence-electron chi connectivity index (χ3n) is 8.66. The van der Waals surface area contributed by atoms with Crippen molar-refractivity contribution in [2.75, 3.05) is 0 Å². The fourth-order valence-corrected chi connectivity index (χ4v) is 5.38. The first-order valence-electron chi connectivity index (χ1n) is 18.2. The molecule has 290 valence electrons. The maximum Gasteiger partial charge on any atom is 0.306 e. The van der Waals surface area contributed by atoms with Crippen molar-refractivity contribution in [3.05, 3.63) is 0 Å². The molecule has 0 bridgehead atoms. The molecule has 5 amide bonds. The number of carboxylic acid groups (broad SMARTS) is 1. The molecule has 0 aliphatic rings. The Hall–Kier alpha value is -3.26. The molecule has 0 aromatic carbocycles. The zero-order valence-corrected chi connectivity index (χ0v) is 32.2. The molecule has 0 radical (unpaired) electrons. The van der Waals surface area contributed by atoms with Crippen molar-refractivity contribution in [1.82, 2.24) is 26.6 Å². The van der Waals surface area contributed by atoms with Gasteiger partial charge in [-0.15, -0.1) is 0 Å². The van der Waals surface area contributed by atoms with Crippen LogP contribution in [0.5, 0.6) is 0 Å². The minimum atomic E-state index is -1.33. The molecule has 0 spiro atoms. The average Bonchev–Trinajstić information content (AvgIpc) is 2.98. The molecule has 8 atom stereocenters. The number of amides is 5. The minimum absolute atomic E-state index is 0.0147. The minimum Gasteiger partial charge on any atom is -0.481 e. The molecule has 8 N–H and O–H groups in total. The van der Waals surface area contributed by atoms with Crippen LogP contribution in [0.25, 0.3) is 0 Å². The van der Waals surface area contributed by atoms with E-state index in [0.29, 0.717) is 31.6 Å². The predicted octanol–water partition coefficient (Wildman–Crippen LogP) is 2.25. The number of aliphatic carboxylic acids is 1. The van der Waals surface area contributed by atoms with E-state index in [2.05, 4.69) is 40.4 Å². The third kappa shape index (κ3) is 18.7. The fraction of sp³-hybridized carbons (Fsp3) is 0.833. The number of hydrogen-bond acceptors (Lipinski definition) is 8. The molecule has 0 aliphatic carbocycles. The van der Waals surface area contributed by atoms with Gasteiger partial charge in [0.25, 0.3) is 0 Å². The van der Waals surface area contributed by atoms with Crippen LogP contribution in [0, 0.1) is 29.6 Å². The molecule has 14 nitrogen and oxygen atoms in total. The van der Waals surface area contributed by atoms with Crippen molar-refractivity contribution >= 4 is 35.5 Å². The molecule has 0 aliphatic heterocycles. The molecule has 0 heterocycles. The summed E-state index contributed by atoms with van der Waals surface area (Å²) in [6.45, 7) is 20.2. The van der Waals surface area contributed by atoms with Gasteiger partial charge in [0.05, 0.1) is 37.1 Å². The van der Waals surface area contributed by atoms with E-state index in [4.69, 9.17) is 5.11 Å². The smallest absolute Gasteiger partial charge is 0.306 e. The maximum atomic E-state index is 13.6. The van der Waals surface area contributed by atoms with Gasteiger partial charge in [-0.2, -0.15) is 0 Å². The molecular weight excluding hydrogens is 646 g/mol.